The maximum Gasteiger partial charge on any atom is 0.335 e. The van der Waals surface area contributed by atoms with Crippen LogP contribution in [0.25, 0.3) is 0 Å². The zero-order chi connectivity index (χ0) is 16.4. The number of β-amino-alcohol motifs (C(OH)–C–C–N with tert-alkyl or cyclic N) is 1. The van der Waals surface area contributed by atoms with Gasteiger partial charge in [0.1, 0.15) is 5.76 Å². The van der Waals surface area contributed by atoms with Gasteiger partial charge in [-0.3, -0.25) is 4.90 Å². The summed E-state index contributed by atoms with van der Waals surface area (Å²) in [6.07, 6.45) is 0.247. The number of aryl methyl sites for hydroxylation is 1. The third-order valence-electron chi connectivity index (χ3n) is 4.20. The van der Waals surface area contributed by atoms with E-state index in [0.717, 1.165) is 23.6 Å². The summed E-state index contributed by atoms with van der Waals surface area (Å²) >= 11 is 0. The summed E-state index contributed by atoms with van der Waals surface area (Å²) < 4.78 is 5.23. The number of aliphatic hydroxyl groups excluding tert-OH is 1. The Morgan fingerprint density at radius 1 is 1.39 bits per heavy atom. The number of nitrogens with zero attached hydrogens (tertiary/aromatic N) is 2. The van der Waals surface area contributed by atoms with Crippen LogP contribution in [-0.2, 0) is 13.0 Å². The fourth-order valence-corrected chi connectivity index (χ4v) is 3.10. The highest BCUT2D eigenvalue weighted by Crippen LogP contribution is 2.23. The number of hydrogen-bond donors (Lipinski definition) is 2. The molecule has 6 heteroatoms. The van der Waals surface area contributed by atoms with E-state index in [4.69, 9.17) is 9.63 Å². The van der Waals surface area contributed by atoms with Crippen LogP contribution in [0.15, 0.2) is 34.9 Å². The first-order valence-corrected chi connectivity index (χ1v) is 7.66. The van der Waals surface area contributed by atoms with E-state index in [1.807, 2.05) is 19.1 Å². The lowest BCUT2D eigenvalue weighted by molar-refractivity contribution is 0.0696. The second-order valence-corrected chi connectivity index (χ2v) is 6.17. The van der Waals surface area contributed by atoms with Crippen LogP contribution >= 0.6 is 0 Å². The van der Waals surface area contributed by atoms with Crippen LogP contribution in [0.5, 0.6) is 0 Å². The Morgan fingerprint density at radius 3 is 2.91 bits per heavy atom. The molecule has 23 heavy (non-hydrogen) atoms. The van der Waals surface area contributed by atoms with Crippen molar-refractivity contribution in [2.45, 2.75) is 26.0 Å². The lowest BCUT2D eigenvalue weighted by Gasteiger charge is -2.15. The van der Waals surface area contributed by atoms with Crippen LogP contribution in [0.1, 0.15) is 27.4 Å². The normalized spacial score (nSPS) is 21.7. The van der Waals surface area contributed by atoms with Crippen LogP contribution in [0.2, 0.25) is 0 Å². The molecule has 1 aromatic heterocycles. The molecule has 0 spiro atoms. The minimum atomic E-state index is -0.924. The van der Waals surface area contributed by atoms with Gasteiger partial charge in [0.05, 0.1) is 17.4 Å². The predicted octanol–water partition coefficient (Wildman–Crippen LogP) is 1.72. The Labute approximate surface area is 134 Å². The first-order chi connectivity index (χ1) is 11.0. The predicted molar refractivity (Wildman–Crippen MR) is 83.1 cm³/mol. The van der Waals surface area contributed by atoms with Gasteiger partial charge in [-0.15, -0.1) is 0 Å². The topological polar surface area (TPSA) is 86.8 Å². The van der Waals surface area contributed by atoms with Crippen molar-refractivity contribution in [3.8, 4) is 0 Å². The van der Waals surface area contributed by atoms with Crippen LogP contribution in [0, 0.1) is 12.8 Å². The molecule has 0 radical (unpaired) electrons. The van der Waals surface area contributed by atoms with E-state index in [-0.39, 0.29) is 11.5 Å². The van der Waals surface area contributed by atoms with Gasteiger partial charge in [-0.25, -0.2) is 4.79 Å². The van der Waals surface area contributed by atoms with Gasteiger partial charge < -0.3 is 14.7 Å². The highest BCUT2D eigenvalue weighted by atomic mass is 16.5. The number of aromatic carboxylic acids is 1. The number of likely N-dealkylation sites (tertiary alicyclic amines) is 1. The minimum absolute atomic E-state index is 0.102. The third-order valence-corrected chi connectivity index (χ3v) is 4.20. The van der Waals surface area contributed by atoms with Gasteiger partial charge in [0.25, 0.3) is 0 Å². The Morgan fingerprint density at radius 2 is 2.22 bits per heavy atom. The molecule has 0 saturated carbocycles. The summed E-state index contributed by atoms with van der Waals surface area (Å²) in [4.78, 5) is 13.2. The number of aromatic nitrogens is 1. The molecule has 0 bridgehead atoms. The van der Waals surface area contributed by atoms with Crippen molar-refractivity contribution in [1.29, 1.82) is 0 Å². The summed E-state index contributed by atoms with van der Waals surface area (Å²) in [6.45, 7) is 3.83. The van der Waals surface area contributed by atoms with Crippen molar-refractivity contribution >= 4 is 5.97 Å². The van der Waals surface area contributed by atoms with Gasteiger partial charge in [0.15, 0.2) is 0 Å². The monoisotopic (exact) mass is 316 g/mol. The molecule has 6 nitrogen and oxygen atoms in total. The average molecular weight is 316 g/mol. The zero-order valence-electron chi connectivity index (χ0n) is 13.0. The van der Waals surface area contributed by atoms with Gasteiger partial charge in [-0.1, -0.05) is 17.3 Å². The van der Waals surface area contributed by atoms with E-state index < -0.39 is 12.1 Å². The Hall–Kier alpha value is -2.18. The van der Waals surface area contributed by atoms with Gasteiger partial charge in [0, 0.05) is 38.0 Å². The highest BCUT2D eigenvalue weighted by Gasteiger charge is 2.32. The summed E-state index contributed by atoms with van der Waals surface area (Å²) in [7, 11) is 0. The van der Waals surface area contributed by atoms with E-state index in [0.29, 0.717) is 19.5 Å². The third kappa shape index (κ3) is 3.78. The molecule has 0 amide bonds. The number of aliphatic hydroxyl groups is 1. The standard InChI is InChI=1S/C17H20N2O4/c1-11-5-15(23-18-11)7-14-9-19(10-16(14)20)8-12-3-2-4-13(6-12)17(21)22/h2-6,14,16,20H,7-10H2,1H3,(H,21,22)/t14-,16-/m1/s1. The molecule has 0 aliphatic carbocycles. The lowest BCUT2D eigenvalue weighted by Crippen LogP contribution is -2.21. The van der Waals surface area contributed by atoms with Crippen LogP contribution in [-0.4, -0.2) is 45.4 Å². The van der Waals surface area contributed by atoms with Crippen molar-refractivity contribution < 1.29 is 19.5 Å². The van der Waals surface area contributed by atoms with Crippen LogP contribution in [0.4, 0.5) is 0 Å². The molecule has 2 atom stereocenters. The molecular weight excluding hydrogens is 296 g/mol. The second-order valence-electron chi connectivity index (χ2n) is 6.17. The largest absolute Gasteiger partial charge is 0.478 e. The average Bonchev–Trinajstić information content (AvgIpc) is 3.06. The fraction of sp³-hybridized carbons (Fsp3) is 0.412. The number of benzene rings is 1. The second kappa shape index (κ2) is 6.52. The number of hydrogen-bond acceptors (Lipinski definition) is 5. The quantitative estimate of drug-likeness (QED) is 0.873. The van der Waals surface area contributed by atoms with Crippen molar-refractivity contribution in [2.24, 2.45) is 5.92 Å². The molecule has 1 aliphatic heterocycles. The molecule has 1 saturated heterocycles. The van der Waals surface area contributed by atoms with Crippen molar-refractivity contribution in [1.82, 2.24) is 10.1 Å². The molecule has 2 N–H and O–H groups in total. The first kappa shape index (κ1) is 15.7. The lowest BCUT2D eigenvalue weighted by atomic mass is 10.0. The molecular formula is C17H20N2O4. The van der Waals surface area contributed by atoms with Gasteiger partial charge in [-0.05, 0) is 24.6 Å². The summed E-state index contributed by atoms with van der Waals surface area (Å²) in [6, 6.07) is 8.82. The smallest absolute Gasteiger partial charge is 0.335 e. The van der Waals surface area contributed by atoms with Crippen molar-refractivity contribution in [3.05, 3.63) is 52.9 Å². The molecule has 2 aromatic rings. The SMILES string of the molecule is Cc1cc(C[C@@H]2CN(Cc3cccc(C(=O)O)c3)C[C@H]2O)on1. The van der Waals surface area contributed by atoms with Crippen LogP contribution in [0.3, 0.4) is 0 Å². The van der Waals surface area contributed by atoms with Crippen molar-refractivity contribution in [3.63, 3.8) is 0 Å². The Bertz CT molecular complexity index is 697. The van der Waals surface area contributed by atoms with E-state index in [9.17, 15) is 9.90 Å². The molecule has 1 aromatic carbocycles. The summed E-state index contributed by atoms with van der Waals surface area (Å²) in [5, 5.41) is 23.2. The highest BCUT2D eigenvalue weighted by molar-refractivity contribution is 5.87. The molecule has 122 valence electrons. The number of carboxylic acids is 1. The Balaban J connectivity index is 1.62. The first-order valence-electron chi connectivity index (χ1n) is 7.66. The number of carbonyl (C=O) groups is 1. The van der Waals surface area contributed by atoms with Crippen molar-refractivity contribution in [2.75, 3.05) is 13.1 Å². The fourth-order valence-electron chi connectivity index (χ4n) is 3.10. The molecule has 0 unspecified atom stereocenters. The maximum absolute atomic E-state index is 11.0. The molecule has 1 aliphatic rings. The van der Waals surface area contributed by atoms with Gasteiger partial charge >= 0.3 is 5.97 Å². The van der Waals surface area contributed by atoms with Crippen LogP contribution < -0.4 is 0 Å². The number of carboxylic acid groups (broad SMARTS) is 1. The van der Waals surface area contributed by atoms with Gasteiger partial charge in [-0.2, -0.15) is 0 Å². The maximum atomic E-state index is 11.0. The zero-order valence-corrected chi connectivity index (χ0v) is 13.0. The number of rotatable bonds is 5. The van der Waals surface area contributed by atoms with E-state index >= 15 is 0 Å². The van der Waals surface area contributed by atoms with E-state index in [1.54, 1.807) is 18.2 Å². The summed E-state index contributed by atoms with van der Waals surface area (Å²) in [5.41, 5.74) is 2.07. The van der Waals surface area contributed by atoms with Gasteiger partial charge in [0.2, 0.25) is 0 Å². The minimum Gasteiger partial charge on any atom is -0.478 e. The van der Waals surface area contributed by atoms with E-state index in [2.05, 4.69) is 10.1 Å². The molecule has 1 fully saturated rings. The molecule has 3 rings (SSSR count). The Kier molecular flexibility index (Phi) is 4.45. The summed E-state index contributed by atoms with van der Waals surface area (Å²) in [5.74, 6) is -0.0295. The molecule has 2 heterocycles. The van der Waals surface area contributed by atoms with E-state index in [1.165, 1.54) is 0 Å².